The van der Waals surface area contributed by atoms with Crippen LogP contribution in [0.25, 0.3) is 11.0 Å². The SMILES string of the molecule is CCN(CCc1ccc(NC(=O)c2cc(C)c(C)cc2NC(=O)c2cc(=O)c3ccccc3o2)cc1)C(=O)Cc1ccncc1. The number of rotatable bonds is 10. The minimum absolute atomic E-state index is 0.0617. The number of anilines is 2. The average Bonchev–Trinajstić information content (AvgIpc) is 3.04. The third-order valence-electron chi connectivity index (χ3n) is 7.71. The average molecular weight is 603 g/mol. The maximum Gasteiger partial charge on any atom is 0.291 e. The number of likely N-dealkylation sites (N-methyl/N-ethyl adjacent to an activating group) is 1. The van der Waals surface area contributed by atoms with Crippen molar-refractivity contribution in [2.45, 2.75) is 33.6 Å². The van der Waals surface area contributed by atoms with Crippen molar-refractivity contribution in [2.24, 2.45) is 0 Å². The fourth-order valence-corrected chi connectivity index (χ4v) is 4.97. The highest BCUT2D eigenvalue weighted by molar-refractivity contribution is 6.12. The lowest BCUT2D eigenvalue weighted by Gasteiger charge is -2.21. The second-order valence-corrected chi connectivity index (χ2v) is 10.8. The number of carbonyl (C=O) groups excluding carboxylic acids is 3. The Labute approximate surface area is 260 Å². The Morgan fingerprint density at radius 3 is 2.27 bits per heavy atom. The minimum atomic E-state index is -0.639. The van der Waals surface area contributed by atoms with E-state index in [4.69, 9.17) is 4.42 Å². The summed E-state index contributed by atoms with van der Waals surface area (Å²) < 4.78 is 5.68. The molecule has 0 saturated heterocycles. The lowest BCUT2D eigenvalue weighted by atomic mass is 10.0. The van der Waals surface area contributed by atoms with Gasteiger partial charge in [0.05, 0.1) is 23.1 Å². The van der Waals surface area contributed by atoms with Crippen molar-refractivity contribution in [3.63, 3.8) is 0 Å². The molecule has 0 aliphatic carbocycles. The number of amides is 3. The van der Waals surface area contributed by atoms with Crippen molar-refractivity contribution in [3.8, 4) is 0 Å². The molecule has 0 aliphatic rings. The lowest BCUT2D eigenvalue weighted by Crippen LogP contribution is -2.33. The predicted octanol–water partition coefficient (Wildman–Crippen LogP) is 5.94. The molecule has 0 bridgehead atoms. The zero-order valence-electron chi connectivity index (χ0n) is 25.4. The van der Waals surface area contributed by atoms with Gasteiger partial charge in [-0.05, 0) is 98.0 Å². The van der Waals surface area contributed by atoms with Crippen LogP contribution in [0.2, 0.25) is 0 Å². The summed E-state index contributed by atoms with van der Waals surface area (Å²) in [6, 6.07) is 22.4. The number of hydrogen-bond acceptors (Lipinski definition) is 6. The Bertz CT molecular complexity index is 1920. The zero-order valence-corrected chi connectivity index (χ0v) is 25.4. The Balaban J connectivity index is 1.25. The standard InChI is InChI=1S/C36H34N4O5/c1-4-40(34(42)21-26-13-16-37-17-14-26)18-15-25-9-11-27(12-10-25)38-35(43)29-19-23(2)24(3)20-30(29)39-36(44)33-22-31(41)28-7-5-6-8-32(28)45-33/h5-14,16-17,19-20,22H,4,15,18,21H2,1-3H3,(H,38,43)(H,39,44). The Hall–Kier alpha value is -5.57. The quantitative estimate of drug-likeness (QED) is 0.204. The van der Waals surface area contributed by atoms with E-state index in [1.807, 2.05) is 62.1 Å². The lowest BCUT2D eigenvalue weighted by molar-refractivity contribution is -0.130. The summed E-state index contributed by atoms with van der Waals surface area (Å²) in [7, 11) is 0. The molecule has 3 amide bonds. The van der Waals surface area contributed by atoms with Crippen molar-refractivity contribution in [1.29, 1.82) is 0 Å². The molecule has 2 aromatic heterocycles. The van der Waals surface area contributed by atoms with Gasteiger partial charge < -0.3 is 20.0 Å². The van der Waals surface area contributed by atoms with Gasteiger partial charge in [-0.15, -0.1) is 0 Å². The summed E-state index contributed by atoms with van der Waals surface area (Å²) in [5, 5.41) is 6.04. The molecular weight excluding hydrogens is 568 g/mol. The molecule has 2 heterocycles. The van der Waals surface area contributed by atoms with Gasteiger partial charge in [0, 0.05) is 37.2 Å². The largest absolute Gasteiger partial charge is 0.451 e. The van der Waals surface area contributed by atoms with Gasteiger partial charge in [0.15, 0.2) is 11.2 Å². The van der Waals surface area contributed by atoms with Crippen molar-refractivity contribution in [1.82, 2.24) is 9.88 Å². The molecule has 0 fully saturated rings. The third-order valence-corrected chi connectivity index (χ3v) is 7.71. The fourth-order valence-electron chi connectivity index (χ4n) is 4.97. The number of para-hydroxylation sites is 1. The number of aromatic nitrogens is 1. The van der Waals surface area contributed by atoms with Crippen LogP contribution in [-0.2, 0) is 17.6 Å². The van der Waals surface area contributed by atoms with Crippen LogP contribution in [0.15, 0.2) is 100 Å². The van der Waals surface area contributed by atoms with E-state index in [-0.39, 0.29) is 22.7 Å². The molecule has 9 nitrogen and oxygen atoms in total. The number of pyridine rings is 1. The first kappa shape index (κ1) is 30.9. The number of fused-ring (bicyclic) bond motifs is 1. The first-order valence-electron chi connectivity index (χ1n) is 14.7. The van der Waals surface area contributed by atoms with Gasteiger partial charge in [-0.1, -0.05) is 24.3 Å². The van der Waals surface area contributed by atoms with E-state index in [9.17, 15) is 19.2 Å². The smallest absolute Gasteiger partial charge is 0.291 e. The highest BCUT2D eigenvalue weighted by atomic mass is 16.3. The normalized spacial score (nSPS) is 10.8. The molecule has 0 atom stereocenters. The Morgan fingerprint density at radius 2 is 1.53 bits per heavy atom. The van der Waals surface area contributed by atoms with E-state index < -0.39 is 11.8 Å². The molecule has 228 valence electrons. The van der Waals surface area contributed by atoms with Crippen LogP contribution >= 0.6 is 0 Å². The summed E-state index contributed by atoms with van der Waals surface area (Å²) in [6.07, 6.45) is 4.37. The topological polar surface area (TPSA) is 122 Å². The van der Waals surface area contributed by atoms with E-state index >= 15 is 0 Å². The second-order valence-electron chi connectivity index (χ2n) is 10.8. The molecule has 5 rings (SSSR count). The number of benzene rings is 3. The molecular formula is C36H34N4O5. The molecule has 5 aromatic rings. The molecule has 2 N–H and O–H groups in total. The number of carbonyl (C=O) groups is 3. The van der Waals surface area contributed by atoms with E-state index in [0.29, 0.717) is 48.3 Å². The van der Waals surface area contributed by atoms with Gasteiger partial charge in [0.25, 0.3) is 11.8 Å². The first-order valence-corrected chi connectivity index (χ1v) is 14.7. The molecule has 0 saturated carbocycles. The molecule has 0 unspecified atom stereocenters. The Kier molecular flexibility index (Phi) is 9.48. The summed E-state index contributed by atoms with van der Waals surface area (Å²) in [5.41, 5.74) is 4.84. The van der Waals surface area contributed by atoms with Gasteiger partial charge in [0.1, 0.15) is 5.58 Å². The minimum Gasteiger partial charge on any atom is -0.451 e. The van der Waals surface area contributed by atoms with Crippen LogP contribution in [0.3, 0.4) is 0 Å². The van der Waals surface area contributed by atoms with Gasteiger partial charge in [-0.2, -0.15) is 0 Å². The van der Waals surface area contributed by atoms with Gasteiger partial charge >= 0.3 is 0 Å². The van der Waals surface area contributed by atoms with Crippen molar-refractivity contribution in [2.75, 3.05) is 23.7 Å². The molecule has 45 heavy (non-hydrogen) atoms. The number of hydrogen-bond donors (Lipinski definition) is 2. The van der Waals surface area contributed by atoms with Crippen molar-refractivity contribution in [3.05, 3.63) is 135 Å². The van der Waals surface area contributed by atoms with Crippen LogP contribution < -0.4 is 16.1 Å². The first-order chi connectivity index (χ1) is 21.7. The number of nitrogens with zero attached hydrogens (tertiary/aromatic N) is 2. The fraction of sp³-hybridized carbons (Fsp3) is 0.194. The van der Waals surface area contributed by atoms with Crippen molar-refractivity contribution >= 4 is 40.1 Å². The summed E-state index contributed by atoms with van der Waals surface area (Å²) in [5.74, 6) is -1.13. The zero-order chi connectivity index (χ0) is 31.9. The predicted molar refractivity (Wildman–Crippen MR) is 175 cm³/mol. The Morgan fingerprint density at radius 1 is 0.822 bits per heavy atom. The summed E-state index contributed by atoms with van der Waals surface area (Å²) >= 11 is 0. The van der Waals surface area contributed by atoms with Crippen LogP contribution in [0, 0.1) is 13.8 Å². The maximum absolute atomic E-state index is 13.4. The molecule has 0 aliphatic heterocycles. The molecule has 0 radical (unpaired) electrons. The highest BCUT2D eigenvalue weighted by Gasteiger charge is 2.19. The molecule has 0 spiro atoms. The van der Waals surface area contributed by atoms with Crippen LogP contribution in [0.5, 0.6) is 0 Å². The number of nitrogens with one attached hydrogen (secondary N) is 2. The van der Waals surface area contributed by atoms with Gasteiger partial charge in [-0.3, -0.25) is 24.2 Å². The van der Waals surface area contributed by atoms with Crippen molar-refractivity contribution < 1.29 is 18.8 Å². The molecule has 9 heteroatoms. The second kappa shape index (κ2) is 13.8. The summed E-state index contributed by atoms with van der Waals surface area (Å²) in [6.45, 7) is 6.92. The highest BCUT2D eigenvalue weighted by Crippen LogP contribution is 2.24. The van der Waals surface area contributed by atoms with Crippen LogP contribution in [-0.4, -0.2) is 40.7 Å². The van der Waals surface area contributed by atoms with E-state index in [2.05, 4.69) is 15.6 Å². The van der Waals surface area contributed by atoms with E-state index in [1.54, 1.807) is 48.8 Å². The maximum atomic E-state index is 13.4. The van der Waals surface area contributed by atoms with E-state index in [1.165, 1.54) is 0 Å². The van der Waals surface area contributed by atoms with E-state index in [0.717, 1.165) is 28.3 Å². The number of aryl methyl sites for hydroxylation is 2. The van der Waals surface area contributed by atoms with Crippen LogP contribution in [0.4, 0.5) is 11.4 Å². The summed E-state index contributed by atoms with van der Waals surface area (Å²) in [4.78, 5) is 57.7. The van der Waals surface area contributed by atoms with Gasteiger partial charge in [-0.25, -0.2) is 0 Å². The monoisotopic (exact) mass is 602 g/mol. The van der Waals surface area contributed by atoms with Gasteiger partial charge in [0.2, 0.25) is 5.91 Å². The third kappa shape index (κ3) is 7.51. The molecule has 3 aromatic carbocycles. The van der Waals surface area contributed by atoms with Crippen LogP contribution in [0.1, 0.15) is 50.1 Å².